The van der Waals surface area contributed by atoms with Gasteiger partial charge in [0.1, 0.15) is 0 Å². The van der Waals surface area contributed by atoms with Crippen LogP contribution in [0.4, 0.5) is 5.69 Å². The van der Waals surface area contributed by atoms with Crippen molar-refractivity contribution in [1.29, 1.82) is 0 Å². The fraction of sp³-hybridized carbons (Fsp3) is 0.333. The molecule has 0 bridgehead atoms. The molecule has 0 fully saturated rings. The van der Waals surface area contributed by atoms with Gasteiger partial charge in [-0.25, -0.2) is 0 Å². The van der Waals surface area contributed by atoms with Gasteiger partial charge in [-0.05, 0) is 23.3 Å². The number of benzene rings is 1. The van der Waals surface area contributed by atoms with Gasteiger partial charge >= 0.3 is 0 Å². The molecule has 2 aliphatic rings. The zero-order valence-corrected chi connectivity index (χ0v) is 12.8. The highest BCUT2D eigenvalue weighted by Gasteiger charge is 2.22. The number of carbonyl (C=O) groups excluding carboxylic acids is 1. The minimum absolute atomic E-state index is 0. The summed E-state index contributed by atoms with van der Waals surface area (Å²) in [6, 6.07) is 5.87. The number of hydrogen-bond acceptors (Lipinski definition) is 4. The van der Waals surface area contributed by atoms with Gasteiger partial charge in [-0.3, -0.25) is 9.89 Å². The van der Waals surface area contributed by atoms with E-state index in [1.165, 1.54) is 5.56 Å². The van der Waals surface area contributed by atoms with Gasteiger partial charge in [0, 0.05) is 36.5 Å². The van der Waals surface area contributed by atoms with Crippen molar-refractivity contribution >= 4 is 24.0 Å². The summed E-state index contributed by atoms with van der Waals surface area (Å²) in [4.78, 5) is 12.4. The number of aromatic nitrogens is 2. The topological polar surface area (TPSA) is 79.0 Å². The largest absolute Gasteiger partial charge is 0.372 e. The van der Waals surface area contributed by atoms with Gasteiger partial charge in [0.15, 0.2) is 5.69 Å². The molecule has 22 heavy (non-hydrogen) atoms. The van der Waals surface area contributed by atoms with Crippen molar-refractivity contribution in [2.45, 2.75) is 26.2 Å². The fourth-order valence-electron chi connectivity index (χ4n) is 2.85. The predicted octanol–water partition coefficient (Wildman–Crippen LogP) is 1.76. The molecule has 0 saturated carbocycles. The molecule has 0 aliphatic carbocycles. The first-order valence-electron chi connectivity index (χ1n) is 7.09. The minimum atomic E-state index is -0.171. The number of H-pyrrole nitrogens is 1. The van der Waals surface area contributed by atoms with Gasteiger partial charge in [0.25, 0.3) is 5.91 Å². The molecule has 1 aromatic heterocycles. The Morgan fingerprint density at radius 3 is 3.05 bits per heavy atom. The molecule has 0 spiro atoms. The van der Waals surface area contributed by atoms with E-state index in [0.29, 0.717) is 25.5 Å². The van der Waals surface area contributed by atoms with Crippen LogP contribution in [0.25, 0.3) is 0 Å². The molecule has 0 radical (unpaired) electrons. The van der Waals surface area contributed by atoms with Crippen molar-refractivity contribution in [3.8, 4) is 0 Å². The van der Waals surface area contributed by atoms with Gasteiger partial charge in [0.05, 0.1) is 13.2 Å². The van der Waals surface area contributed by atoms with E-state index in [1.54, 1.807) is 0 Å². The smallest absolute Gasteiger partial charge is 0.276 e. The van der Waals surface area contributed by atoms with Gasteiger partial charge in [-0.1, -0.05) is 6.07 Å². The number of amides is 1. The van der Waals surface area contributed by atoms with Crippen LogP contribution in [0.5, 0.6) is 0 Å². The molecule has 2 aromatic rings. The van der Waals surface area contributed by atoms with E-state index in [-0.39, 0.29) is 18.3 Å². The van der Waals surface area contributed by atoms with E-state index in [1.807, 2.05) is 18.2 Å². The van der Waals surface area contributed by atoms with E-state index in [9.17, 15) is 4.79 Å². The van der Waals surface area contributed by atoms with Crippen molar-refractivity contribution in [1.82, 2.24) is 15.5 Å². The lowest BCUT2D eigenvalue weighted by Crippen LogP contribution is -2.25. The average Bonchev–Trinajstić information content (AvgIpc) is 3.13. The Kier molecular flexibility index (Phi) is 4.15. The van der Waals surface area contributed by atoms with Gasteiger partial charge in [-0.2, -0.15) is 5.10 Å². The van der Waals surface area contributed by atoms with E-state index in [2.05, 4.69) is 20.8 Å². The van der Waals surface area contributed by atoms with E-state index < -0.39 is 0 Å². The molecule has 116 valence electrons. The Morgan fingerprint density at radius 1 is 1.27 bits per heavy atom. The number of aromatic amines is 1. The molecule has 0 atom stereocenters. The maximum absolute atomic E-state index is 12.4. The quantitative estimate of drug-likeness (QED) is 0.788. The van der Waals surface area contributed by atoms with Crippen LogP contribution >= 0.6 is 12.4 Å². The zero-order valence-electron chi connectivity index (χ0n) is 11.9. The first-order valence-corrected chi connectivity index (χ1v) is 7.09. The van der Waals surface area contributed by atoms with Crippen molar-refractivity contribution < 1.29 is 9.53 Å². The third-order valence-corrected chi connectivity index (χ3v) is 4.00. The Hall–Kier alpha value is -1.89. The Labute approximate surface area is 134 Å². The SMILES string of the molecule is Cl.O=C(Nc1ccc2c(c1)COC2)c1n[nH]c2c1CNCC2. The second kappa shape index (κ2) is 6.08. The number of ether oxygens (including phenoxy) is 1. The molecule has 1 aromatic carbocycles. The lowest BCUT2D eigenvalue weighted by Gasteiger charge is -2.13. The second-order valence-corrected chi connectivity index (χ2v) is 5.39. The highest BCUT2D eigenvalue weighted by atomic mass is 35.5. The number of fused-ring (bicyclic) bond motifs is 2. The first-order chi connectivity index (χ1) is 10.3. The lowest BCUT2D eigenvalue weighted by atomic mass is 10.1. The van der Waals surface area contributed by atoms with Crippen molar-refractivity contribution in [2.75, 3.05) is 11.9 Å². The third-order valence-electron chi connectivity index (χ3n) is 4.00. The van der Waals surface area contributed by atoms with Crippen LogP contribution in [-0.4, -0.2) is 22.6 Å². The van der Waals surface area contributed by atoms with E-state index >= 15 is 0 Å². The number of carbonyl (C=O) groups is 1. The number of hydrogen-bond donors (Lipinski definition) is 3. The number of halogens is 1. The Bertz CT molecular complexity index is 714. The van der Waals surface area contributed by atoms with Crippen LogP contribution in [0, 0.1) is 0 Å². The maximum Gasteiger partial charge on any atom is 0.276 e. The number of rotatable bonds is 2. The van der Waals surface area contributed by atoms with Crippen LogP contribution in [-0.2, 0) is 30.9 Å². The molecule has 7 heteroatoms. The summed E-state index contributed by atoms with van der Waals surface area (Å²) < 4.78 is 5.38. The van der Waals surface area contributed by atoms with E-state index in [4.69, 9.17) is 4.74 Å². The van der Waals surface area contributed by atoms with Crippen LogP contribution < -0.4 is 10.6 Å². The standard InChI is InChI=1S/C15H16N4O2.ClH/c20-15(14-12-6-16-4-3-13(12)18-19-14)17-11-2-1-9-7-21-8-10(9)5-11;/h1-2,5,16H,3-4,6-8H2,(H,17,20)(H,18,19);1H. The summed E-state index contributed by atoms with van der Waals surface area (Å²) >= 11 is 0. The summed E-state index contributed by atoms with van der Waals surface area (Å²) in [7, 11) is 0. The van der Waals surface area contributed by atoms with Crippen LogP contribution in [0.1, 0.15) is 32.9 Å². The van der Waals surface area contributed by atoms with Crippen LogP contribution in [0.3, 0.4) is 0 Å². The molecule has 4 rings (SSSR count). The summed E-state index contributed by atoms with van der Waals surface area (Å²) in [6.45, 7) is 2.87. The van der Waals surface area contributed by atoms with Crippen LogP contribution in [0.2, 0.25) is 0 Å². The van der Waals surface area contributed by atoms with Gasteiger partial charge in [0.2, 0.25) is 0 Å². The third kappa shape index (κ3) is 2.61. The Balaban J connectivity index is 0.00000144. The summed E-state index contributed by atoms with van der Waals surface area (Å²) in [5, 5.41) is 13.3. The van der Waals surface area contributed by atoms with Crippen molar-refractivity contribution in [3.05, 3.63) is 46.3 Å². The highest BCUT2D eigenvalue weighted by molar-refractivity contribution is 6.04. The zero-order chi connectivity index (χ0) is 14.2. The fourth-order valence-corrected chi connectivity index (χ4v) is 2.85. The van der Waals surface area contributed by atoms with Crippen molar-refractivity contribution in [2.24, 2.45) is 0 Å². The summed E-state index contributed by atoms with van der Waals surface area (Å²) in [6.07, 6.45) is 0.881. The molecule has 3 N–H and O–H groups in total. The monoisotopic (exact) mass is 320 g/mol. The van der Waals surface area contributed by atoms with E-state index in [0.717, 1.165) is 35.5 Å². The molecule has 3 heterocycles. The van der Waals surface area contributed by atoms with Gasteiger partial charge in [-0.15, -0.1) is 12.4 Å². The molecule has 6 nitrogen and oxygen atoms in total. The highest BCUT2D eigenvalue weighted by Crippen LogP contribution is 2.24. The molecule has 0 saturated heterocycles. The summed E-state index contributed by atoms with van der Waals surface area (Å²) in [5.41, 5.74) is 5.62. The second-order valence-electron chi connectivity index (χ2n) is 5.39. The molecule has 0 unspecified atom stereocenters. The number of nitrogens with zero attached hydrogens (tertiary/aromatic N) is 1. The normalized spacial score (nSPS) is 15.6. The number of nitrogens with one attached hydrogen (secondary N) is 3. The van der Waals surface area contributed by atoms with Gasteiger partial charge < -0.3 is 15.4 Å². The molecule has 1 amide bonds. The molecule has 2 aliphatic heterocycles. The Morgan fingerprint density at radius 2 is 2.14 bits per heavy atom. The average molecular weight is 321 g/mol. The molecular formula is C15H17ClN4O2. The van der Waals surface area contributed by atoms with Crippen molar-refractivity contribution in [3.63, 3.8) is 0 Å². The summed E-state index contributed by atoms with van der Waals surface area (Å²) in [5.74, 6) is -0.171. The maximum atomic E-state index is 12.4. The predicted molar refractivity (Wildman–Crippen MR) is 84.1 cm³/mol. The molecular weight excluding hydrogens is 304 g/mol. The lowest BCUT2D eigenvalue weighted by molar-refractivity contribution is 0.102. The minimum Gasteiger partial charge on any atom is -0.372 e. The number of anilines is 1. The van der Waals surface area contributed by atoms with Crippen LogP contribution in [0.15, 0.2) is 18.2 Å². The first kappa shape index (κ1) is 15.0.